The minimum Gasteiger partial charge on any atom is -0.330 e. The van der Waals surface area contributed by atoms with Gasteiger partial charge in [-0.15, -0.1) is 12.4 Å². The van der Waals surface area contributed by atoms with E-state index in [0.717, 1.165) is 23.7 Å². The van der Waals surface area contributed by atoms with Crippen molar-refractivity contribution in [2.45, 2.75) is 18.9 Å². The molecule has 0 saturated heterocycles. The Labute approximate surface area is 108 Å². The van der Waals surface area contributed by atoms with E-state index in [1.165, 1.54) is 5.56 Å². The molecule has 0 amide bonds. The van der Waals surface area contributed by atoms with Crippen molar-refractivity contribution in [3.63, 3.8) is 0 Å². The minimum absolute atomic E-state index is 0. The number of aromatic nitrogens is 1. The van der Waals surface area contributed by atoms with E-state index in [0.29, 0.717) is 6.54 Å². The van der Waals surface area contributed by atoms with Crippen LogP contribution in [-0.2, 0) is 0 Å². The van der Waals surface area contributed by atoms with Crippen molar-refractivity contribution in [2.24, 2.45) is 11.5 Å². The van der Waals surface area contributed by atoms with Crippen LogP contribution in [0.25, 0.3) is 10.9 Å². The van der Waals surface area contributed by atoms with Gasteiger partial charge in [-0.2, -0.15) is 0 Å². The van der Waals surface area contributed by atoms with E-state index in [1.807, 2.05) is 30.5 Å². The molecule has 0 aliphatic carbocycles. The average Bonchev–Trinajstić information content (AvgIpc) is 2.35. The van der Waals surface area contributed by atoms with Crippen LogP contribution in [0.5, 0.6) is 0 Å². The van der Waals surface area contributed by atoms with Crippen LogP contribution in [0.2, 0.25) is 0 Å². The van der Waals surface area contributed by atoms with E-state index < -0.39 is 0 Å². The Bertz CT molecular complexity index is 468. The van der Waals surface area contributed by atoms with Crippen molar-refractivity contribution in [2.75, 3.05) is 6.54 Å². The third kappa shape index (κ3) is 3.16. The van der Waals surface area contributed by atoms with Crippen molar-refractivity contribution < 1.29 is 0 Å². The van der Waals surface area contributed by atoms with Crippen LogP contribution >= 0.6 is 12.4 Å². The second-order valence-electron chi connectivity index (χ2n) is 3.95. The van der Waals surface area contributed by atoms with Gasteiger partial charge in [0.25, 0.3) is 0 Å². The molecule has 0 aliphatic heterocycles. The Morgan fingerprint density at radius 3 is 2.71 bits per heavy atom. The van der Waals surface area contributed by atoms with E-state index in [9.17, 15) is 0 Å². The number of nitrogens with zero attached hydrogens (tertiary/aromatic N) is 1. The Hall–Kier alpha value is -1.16. The molecule has 0 radical (unpaired) electrons. The first kappa shape index (κ1) is 13.9. The molecule has 4 heteroatoms. The largest absolute Gasteiger partial charge is 0.330 e. The summed E-state index contributed by atoms with van der Waals surface area (Å²) < 4.78 is 0. The van der Waals surface area contributed by atoms with Crippen molar-refractivity contribution in [1.82, 2.24) is 4.98 Å². The van der Waals surface area contributed by atoms with E-state index >= 15 is 0 Å². The lowest BCUT2D eigenvalue weighted by atomic mass is 9.99. The van der Waals surface area contributed by atoms with Gasteiger partial charge in [-0.05, 0) is 37.1 Å². The molecule has 1 aromatic heterocycles. The zero-order valence-corrected chi connectivity index (χ0v) is 10.5. The average molecular weight is 252 g/mol. The Kier molecular flexibility index (Phi) is 5.35. The van der Waals surface area contributed by atoms with Gasteiger partial charge in [0.2, 0.25) is 0 Å². The normalized spacial score (nSPS) is 12.1. The zero-order chi connectivity index (χ0) is 11.4. The van der Waals surface area contributed by atoms with Crippen LogP contribution < -0.4 is 11.5 Å². The highest BCUT2D eigenvalue weighted by Crippen LogP contribution is 2.23. The summed E-state index contributed by atoms with van der Waals surface area (Å²) >= 11 is 0. The minimum atomic E-state index is 0. The summed E-state index contributed by atoms with van der Waals surface area (Å²) in [4.78, 5) is 4.32. The highest BCUT2D eigenvalue weighted by molar-refractivity contribution is 5.85. The molecule has 2 rings (SSSR count). The zero-order valence-electron chi connectivity index (χ0n) is 9.67. The molecule has 1 heterocycles. The van der Waals surface area contributed by atoms with Crippen LogP contribution in [0.15, 0.2) is 36.5 Å². The number of hydrogen-bond donors (Lipinski definition) is 2. The molecule has 0 bridgehead atoms. The Balaban J connectivity index is 0.00000144. The molecule has 92 valence electrons. The lowest BCUT2D eigenvalue weighted by Crippen LogP contribution is -2.13. The number of halogens is 1. The monoisotopic (exact) mass is 251 g/mol. The maximum absolute atomic E-state index is 6.16. The fraction of sp³-hybridized carbons (Fsp3) is 0.308. The topological polar surface area (TPSA) is 64.9 Å². The van der Waals surface area contributed by atoms with Crippen LogP contribution in [0.3, 0.4) is 0 Å². The van der Waals surface area contributed by atoms with Crippen LogP contribution in [0, 0.1) is 0 Å². The van der Waals surface area contributed by atoms with Gasteiger partial charge in [0.05, 0.1) is 5.52 Å². The molecule has 17 heavy (non-hydrogen) atoms. The molecule has 0 aliphatic rings. The molecule has 4 N–H and O–H groups in total. The molecule has 0 saturated carbocycles. The summed E-state index contributed by atoms with van der Waals surface area (Å²) in [5.74, 6) is 0. The summed E-state index contributed by atoms with van der Waals surface area (Å²) in [5, 5.41) is 1.15. The van der Waals surface area contributed by atoms with Crippen molar-refractivity contribution in [1.29, 1.82) is 0 Å². The molecule has 1 atom stereocenters. The Morgan fingerprint density at radius 1 is 1.18 bits per heavy atom. The maximum atomic E-state index is 6.16. The van der Waals surface area contributed by atoms with E-state index in [4.69, 9.17) is 11.5 Å². The number of nitrogens with two attached hydrogens (primary N) is 2. The number of benzene rings is 1. The first-order valence-corrected chi connectivity index (χ1v) is 5.62. The summed E-state index contributed by atoms with van der Waals surface area (Å²) in [6.45, 7) is 0.691. The van der Waals surface area contributed by atoms with Crippen molar-refractivity contribution in [3.05, 3.63) is 42.1 Å². The van der Waals surface area contributed by atoms with Crippen molar-refractivity contribution in [3.8, 4) is 0 Å². The predicted molar refractivity (Wildman–Crippen MR) is 74.2 cm³/mol. The van der Waals surface area contributed by atoms with Gasteiger partial charge in [0.1, 0.15) is 0 Å². The summed E-state index contributed by atoms with van der Waals surface area (Å²) in [5.41, 5.74) is 13.8. The highest BCUT2D eigenvalue weighted by atomic mass is 35.5. The fourth-order valence-corrected chi connectivity index (χ4v) is 1.93. The maximum Gasteiger partial charge on any atom is 0.0705 e. The molecular weight excluding hydrogens is 234 g/mol. The summed E-state index contributed by atoms with van der Waals surface area (Å²) in [7, 11) is 0. The van der Waals surface area contributed by atoms with Gasteiger partial charge < -0.3 is 11.5 Å². The van der Waals surface area contributed by atoms with Gasteiger partial charge >= 0.3 is 0 Å². The van der Waals surface area contributed by atoms with Crippen LogP contribution in [0.1, 0.15) is 24.4 Å². The van der Waals surface area contributed by atoms with Crippen molar-refractivity contribution >= 4 is 23.3 Å². The fourth-order valence-electron chi connectivity index (χ4n) is 1.93. The highest BCUT2D eigenvalue weighted by Gasteiger charge is 2.09. The lowest BCUT2D eigenvalue weighted by molar-refractivity contribution is 0.621. The number of para-hydroxylation sites is 1. The van der Waals surface area contributed by atoms with Gasteiger partial charge in [-0.1, -0.05) is 18.2 Å². The smallest absolute Gasteiger partial charge is 0.0705 e. The predicted octanol–water partition coefficient (Wildman–Crippen LogP) is 2.40. The SMILES string of the molecule is Cl.NCCC[C@@H](N)c1ccnc2ccccc12. The van der Waals surface area contributed by atoms with Crippen LogP contribution in [-0.4, -0.2) is 11.5 Å². The van der Waals surface area contributed by atoms with Crippen LogP contribution in [0.4, 0.5) is 0 Å². The number of fused-ring (bicyclic) bond motifs is 1. The summed E-state index contributed by atoms with van der Waals surface area (Å²) in [6.07, 6.45) is 3.70. The number of pyridine rings is 1. The second kappa shape index (κ2) is 6.55. The van der Waals surface area contributed by atoms with Gasteiger partial charge in [0, 0.05) is 17.6 Å². The molecule has 3 nitrogen and oxygen atoms in total. The van der Waals surface area contributed by atoms with Gasteiger partial charge in [-0.25, -0.2) is 0 Å². The molecular formula is C13H18ClN3. The Morgan fingerprint density at radius 2 is 1.94 bits per heavy atom. The first-order valence-electron chi connectivity index (χ1n) is 5.62. The number of hydrogen-bond acceptors (Lipinski definition) is 3. The third-order valence-corrected chi connectivity index (χ3v) is 2.80. The first-order chi connectivity index (χ1) is 7.83. The molecule has 0 spiro atoms. The molecule has 0 fully saturated rings. The van der Waals surface area contributed by atoms with E-state index in [-0.39, 0.29) is 18.4 Å². The van der Waals surface area contributed by atoms with E-state index in [2.05, 4.69) is 11.1 Å². The number of rotatable bonds is 4. The molecule has 1 aromatic carbocycles. The van der Waals surface area contributed by atoms with E-state index in [1.54, 1.807) is 0 Å². The second-order valence-corrected chi connectivity index (χ2v) is 3.95. The third-order valence-electron chi connectivity index (χ3n) is 2.80. The quantitative estimate of drug-likeness (QED) is 0.877. The van der Waals surface area contributed by atoms with Gasteiger partial charge in [-0.3, -0.25) is 4.98 Å². The molecule has 2 aromatic rings. The lowest BCUT2D eigenvalue weighted by Gasteiger charge is -2.13. The van der Waals surface area contributed by atoms with Gasteiger partial charge in [0.15, 0.2) is 0 Å². The summed E-state index contributed by atoms with van der Waals surface area (Å²) in [6, 6.07) is 10.1. The standard InChI is InChI=1S/C13H17N3.ClH/c14-8-3-5-12(15)10-7-9-16-13-6-2-1-4-11(10)13;/h1-2,4,6-7,9,12H,3,5,8,14-15H2;1H/t12-;/m1./s1. The molecule has 0 unspecified atom stereocenters.